The molecule has 1 amide bonds. The summed E-state index contributed by atoms with van der Waals surface area (Å²) >= 11 is 0. The molecule has 0 fully saturated rings. The zero-order valence-electron chi connectivity index (χ0n) is 15.4. The maximum absolute atomic E-state index is 14.2. The topological polar surface area (TPSA) is 59.6 Å². The Bertz CT molecular complexity index is 844. The monoisotopic (exact) mass is 412 g/mol. The molecule has 0 aliphatic carbocycles. The summed E-state index contributed by atoms with van der Waals surface area (Å²) in [5.74, 6) is -1.78. The number of alkyl carbamates (subject to hydrolysis) is 1. The third-order valence-corrected chi connectivity index (χ3v) is 4.40. The summed E-state index contributed by atoms with van der Waals surface area (Å²) in [5.41, 5.74) is -0.0915. The van der Waals surface area contributed by atoms with Crippen LogP contribution in [-0.2, 0) is 23.9 Å². The molecule has 156 valence electrons. The van der Waals surface area contributed by atoms with Crippen LogP contribution in [0.5, 0.6) is 5.75 Å². The van der Waals surface area contributed by atoms with Crippen LogP contribution in [0.1, 0.15) is 23.1 Å². The van der Waals surface area contributed by atoms with Crippen molar-refractivity contribution in [3.63, 3.8) is 0 Å². The fourth-order valence-corrected chi connectivity index (χ4v) is 2.94. The lowest BCUT2D eigenvalue weighted by Crippen LogP contribution is -2.42. The number of ether oxygens (including phenoxy) is 2. The van der Waals surface area contributed by atoms with Crippen molar-refractivity contribution in [1.29, 1.82) is 0 Å². The van der Waals surface area contributed by atoms with E-state index in [1.807, 2.05) is 30.3 Å². The molecule has 1 aliphatic heterocycles. The highest BCUT2D eigenvalue weighted by molar-refractivity contribution is 5.67. The number of hydrogen-bond acceptors (Lipinski definition) is 4. The Morgan fingerprint density at radius 1 is 1.14 bits per heavy atom. The van der Waals surface area contributed by atoms with Crippen molar-refractivity contribution < 1.29 is 31.8 Å². The van der Waals surface area contributed by atoms with E-state index >= 15 is 0 Å². The molecule has 3 rings (SSSR count). The van der Waals surface area contributed by atoms with Gasteiger partial charge in [0, 0.05) is 19.5 Å². The molecule has 0 spiro atoms. The molecular formula is C20H20F4N2O3. The van der Waals surface area contributed by atoms with Gasteiger partial charge in [0.1, 0.15) is 6.61 Å². The number of rotatable bonds is 6. The summed E-state index contributed by atoms with van der Waals surface area (Å²) in [6.45, 7) is 0.635. The van der Waals surface area contributed by atoms with Crippen molar-refractivity contribution in [2.75, 3.05) is 13.1 Å². The average molecular weight is 412 g/mol. The van der Waals surface area contributed by atoms with E-state index in [-0.39, 0.29) is 25.4 Å². The van der Waals surface area contributed by atoms with Crippen LogP contribution in [0.2, 0.25) is 0 Å². The Morgan fingerprint density at radius 2 is 1.90 bits per heavy atom. The Labute approximate surface area is 165 Å². The maximum Gasteiger partial charge on any atom is 0.419 e. The number of amides is 1. The molecule has 1 aliphatic rings. The molecule has 0 aromatic heterocycles. The number of fused-ring (bicyclic) bond motifs is 1. The first kappa shape index (κ1) is 20.9. The predicted molar refractivity (Wildman–Crippen MR) is 96.8 cm³/mol. The molecule has 2 aromatic carbocycles. The van der Waals surface area contributed by atoms with Gasteiger partial charge in [-0.05, 0) is 23.6 Å². The number of carbonyl (C=O) groups is 1. The van der Waals surface area contributed by atoms with Crippen molar-refractivity contribution in [2.24, 2.45) is 0 Å². The van der Waals surface area contributed by atoms with Crippen molar-refractivity contribution >= 4 is 6.09 Å². The normalized spacial score (nSPS) is 15.9. The van der Waals surface area contributed by atoms with E-state index in [0.29, 0.717) is 18.4 Å². The van der Waals surface area contributed by atoms with Gasteiger partial charge < -0.3 is 14.8 Å². The van der Waals surface area contributed by atoms with Gasteiger partial charge in [-0.15, -0.1) is 0 Å². The number of benzene rings is 2. The second kappa shape index (κ2) is 9.13. The molecule has 5 nitrogen and oxygen atoms in total. The first-order chi connectivity index (χ1) is 13.8. The van der Waals surface area contributed by atoms with Gasteiger partial charge in [-0.25, -0.2) is 9.18 Å². The Hall–Kier alpha value is -2.81. The maximum atomic E-state index is 14.2. The molecule has 0 radical (unpaired) electrons. The highest BCUT2D eigenvalue weighted by Crippen LogP contribution is 2.38. The highest BCUT2D eigenvalue weighted by Gasteiger charge is 2.37. The quantitative estimate of drug-likeness (QED) is 0.556. The lowest BCUT2D eigenvalue weighted by molar-refractivity contribution is -0.140. The van der Waals surface area contributed by atoms with Crippen molar-refractivity contribution in [3.8, 4) is 5.75 Å². The number of alkyl halides is 3. The third-order valence-electron chi connectivity index (χ3n) is 4.40. The van der Waals surface area contributed by atoms with E-state index in [1.54, 1.807) is 0 Å². The van der Waals surface area contributed by atoms with Gasteiger partial charge >= 0.3 is 12.3 Å². The van der Waals surface area contributed by atoms with E-state index < -0.39 is 29.9 Å². The molecule has 29 heavy (non-hydrogen) atoms. The van der Waals surface area contributed by atoms with Gasteiger partial charge in [-0.1, -0.05) is 36.4 Å². The lowest BCUT2D eigenvalue weighted by atomic mass is 10.0. The Morgan fingerprint density at radius 3 is 2.62 bits per heavy atom. The number of hydrogen-bond donors (Lipinski definition) is 2. The molecule has 2 aromatic rings. The molecule has 0 bridgehead atoms. The highest BCUT2D eigenvalue weighted by atomic mass is 19.4. The first-order valence-electron chi connectivity index (χ1n) is 9.08. The summed E-state index contributed by atoms with van der Waals surface area (Å²) in [5, 5.41) is 5.49. The van der Waals surface area contributed by atoms with Crippen LogP contribution in [0, 0.1) is 5.82 Å². The molecule has 1 unspecified atom stereocenters. The standard InChI is InChI=1S/C20H20F4N2O3/c21-17-15(20(22,23)24)8-6-14-7-9-16(29-18(14)17)25-10-11-26-19(27)28-12-13-4-2-1-3-5-13/h1-6,8,16,25H,7,9-12H2,(H,26,27). The number of aryl methyl sites for hydroxylation is 1. The lowest BCUT2D eigenvalue weighted by Gasteiger charge is -2.28. The largest absolute Gasteiger partial charge is 0.472 e. The molecular weight excluding hydrogens is 392 g/mol. The second-order valence-electron chi connectivity index (χ2n) is 6.50. The zero-order valence-corrected chi connectivity index (χ0v) is 15.4. The third kappa shape index (κ3) is 5.60. The van der Waals surface area contributed by atoms with Crippen LogP contribution in [-0.4, -0.2) is 25.4 Å². The van der Waals surface area contributed by atoms with Crippen molar-refractivity contribution in [1.82, 2.24) is 10.6 Å². The van der Waals surface area contributed by atoms with Crippen LogP contribution in [0.3, 0.4) is 0 Å². The van der Waals surface area contributed by atoms with Gasteiger partial charge in [0.25, 0.3) is 0 Å². The van der Waals surface area contributed by atoms with Gasteiger partial charge in [0.05, 0.1) is 5.56 Å². The number of carbonyl (C=O) groups excluding carboxylic acids is 1. The average Bonchev–Trinajstić information content (AvgIpc) is 2.70. The van der Waals surface area contributed by atoms with Gasteiger partial charge in [-0.2, -0.15) is 13.2 Å². The van der Waals surface area contributed by atoms with Gasteiger partial charge in [0.15, 0.2) is 17.8 Å². The van der Waals surface area contributed by atoms with E-state index in [4.69, 9.17) is 9.47 Å². The summed E-state index contributed by atoms with van der Waals surface area (Å²) in [4.78, 5) is 11.7. The van der Waals surface area contributed by atoms with Gasteiger partial charge in [0.2, 0.25) is 0 Å². The van der Waals surface area contributed by atoms with Crippen LogP contribution in [0.25, 0.3) is 0 Å². The van der Waals surface area contributed by atoms with Crippen LogP contribution in [0.4, 0.5) is 22.4 Å². The fourth-order valence-electron chi connectivity index (χ4n) is 2.94. The minimum absolute atomic E-state index is 0.142. The van der Waals surface area contributed by atoms with E-state index in [9.17, 15) is 22.4 Å². The predicted octanol–water partition coefficient (Wildman–Crippen LogP) is 4.01. The van der Waals surface area contributed by atoms with E-state index in [2.05, 4.69) is 10.6 Å². The summed E-state index contributed by atoms with van der Waals surface area (Å²) in [7, 11) is 0. The Kier molecular flexibility index (Phi) is 6.58. The van der Waals surface area contributed by atoms with Crippen molar-refractivity contribution in [3.05, 3.63) is 65.0 Å². The molecule has 2 N–H and O–H groups in total. The van der Waals surface area contributed by atoms with Crippen LogP contribution >= 0.6 is 0 Å². The van der Waals surface area contributed by atoms with E-state index in [1.165, 1.54) is 6.07 Å². The summed E-state index contributed by atoms with van der Waals surface area (Å²) in [6, 6.07) is 11.2. The second-order valence-corrected chi connectivity index (χ2v) is 6.50. The molecule has 1 heterocycles. The smallest absolute Gasteiger partial charge is 0.419 e. The van der Waals surface area contributed by atoms with Crippen LogP contribution in [0.15, 0.2) is 42.5 Å². The molecule has 1 atom stereocenters. The van der Waals surface area contributed by atoms with Crippen molar-refractivity contribution in [2.45, 2.75) is 31.9 Å². The van der Waals surface area contributed by atoms with Gasteiger partial charge in [-0.3, -0.25) is 5.32 Å². The Balaban J connectivity index is 1.43. The molecule has 0 saturated carbocycles. The summed E-state index contributed by atoms with van der Waals surface area (Å²) < 4.78 is 63.2. The van der Waals surface area contributed by atoms with E-state index in [0.717, 1.165) is 11.6 Å². The molecule has 9 heteroatoms. The van der Waals surface area contributed by atoms with Crippen LogP contribution < -0.4 is 15.4 Å². The first-order valence-corrected chi connectivity index (χ1v) is 9.08. The zero-order chi connectivity index (χ0) is 20.9. The molecule has 0 saturated heterocycles. The number of halogens is 4. The summed E-state index contributed by atoms with van der Waals surface area (Å²) in [6.07, 6.45) is -5.17. The minimum Gasteiger partial charge on any atom is -0.472 e. The SMILES string of the molecule is O=C(NCCNC1CCc2ccc(C(F)(F)F)c(F)c2O1)OCc1ccccc1. The minimum atomic E-state index is -4.78. The fraction of sp³-hybridized carbons (Fsp3) is 0.350. The number of nitrogens with one attached hydrogen (secondary N) is 2.